The van der Waals surface area contributed by atoms with Gasteiger partial charge < -0.3 is 25.4 Å². The molecule has 1 amide bonds. The summed E-state index contributed by atoms with van der Waals surface area (Å²) in [7, 11) is 3.10. The molecule has 4 rings (SSSR count). The van der Waals surface area contributed by atoms with Crippen molar-refractivity contribution in [3.8, 4) is 11.5 Å². The number of hydrogen-bond acceptors (Lipinski definition) is 8. The Kier molecular flexibility index (Phi) is 5.81. The number of thioether (sulfide) groups is 1. The van der Waals surface area contributed by atoms with Gasteiger partial charge in [0.05, 0.1) is 31.4 Å². The standard InChI is InChI=1S/C21H20FN5O3S/c1-11-20(28)26-17-8-12(4-5-18(17)31-11)24-19-16(22)10-23-21(27-19)25-13-6-14(29-2)9-15(7-13)30-3/h4-11H,1-3H3,(H,26,28)(H2,23,24,25,27). The van der Waals surface area contributed by atoms with Crippen LogP contribution in [0.25, 0.3) is 0 Å². The van der Waals surface area contributed by atoms with Gasteiger partial charge in [0.1, 0.15) is 11.5 Å². The normalized spacial score (nSPS) is 15.0. The number of hydrogen-bond donors (Lipinski definition) is 3. The summed E-state index contributed by atoms with van der Waals surface area (Å²) >= 11 is 1.48. The van der Waals surface area contributed by atoms with Crippen molar-refractivity contribution in [1.82, 2.24) is 9.97 Å². The van der Waals surface area contributed by atoms with Gasteiger partial charge in [0.15, 0.2) is 11.6 Å². The van der Waals surface area contributed by atoms with Crippen molar-refractivity contribution in [1.29, 1.82) is 0 Å². The van der Waals surface area contributed by atoms with Crippen LogP contribution in [0.5, 0.6) is 11.5 Å². The van der Waals surface area contributed by atoms with E-state index in [9.17, 15) is 9.18 Å². The Morgan fingerprint density at radius 2 is 1.81 bits per heavy atom. The number of methoxy groups -OCH3 is 2. The molecular weight excluding hydrogens is 421 g/mol. The highest BCUT2D eigenvalue weighted by atomic mass is 32.2. The molecule has 8 nitrogen and oxygen atoms in total. The fourth-order valence-corrected chi connectivity index (χ4v) is 3.88. The van der Waals surface area contributed by atoms with Crippen LogP contribution in [0.2, 0.25) is 0 Å². The number of halogens is 1. The highest BCUT2D eigenvalue weighted by Crippen LogP contribution is 2.37. The molecule has 0 bridgehead atoms. The van der Waals surface area contributed by atoms with E-state index in [4.69, 9.17) is 9.47 Å². The number of carbonyl (C=O) groups excluding carboxylic acids is 1. The van der Waals surface area contributed by atoms with Gasteiger partial charge in [-0.05, 0) is 25.1 Å². The second kappa shape index (κ2) is 8.68. The monoisotopic (exact) mass is 441 g/mol. The number of anilines is 5. The van der Waals surface area contributed by atoms with E-state index in [0.29, 0.717) is 28.6 Å². The Morgan fingerprint density at radius 1 is 1.06 bits per heavy atom. The number of nitrogens with one attached hydrogen (secondary N) is 3. The number of ether oxygens (including phenoxy) is 2. The molecule has 1 aromatic heterocycles. The number of fused-ring (bicyclic) bond motifs is 1. The highest BCUT2D eigenvalue weighted by Gasteiger charge is 2.23. The summed E-state index contributed by atoms with van der Waals surface area (Å²) in [6.45, 7) is 1.85. The summed E-state index contributed by atoms with van der Waals surface area (Å²) in [5, 5.41) is 8.66. The Bertz CT molecular complexity index is 1120. The minimum atomic E-state index is -0.612. The van der Waals surface area contributed by atoms with E-state index in [1.807, 2.05) is 13.0 Å². The zero-order chi connectivity index (χ0) is 22.0. The van der Waals surface area contributed by atoms with E-state index in [2.05, 4.69) is 25.9 Å². The minimum Gasteiger partial charge on any atom is -0.497 e. The molecule has 1 aliphatic heterocycles. The van der Waals surface area contributed by atoms with Crippen LogP contribution >= 0.6 is 11.8 Å². The van der Waals surface area contributed by atoms with Crippen molar-refractivity contribution in [2.24, 2.45) is 0 Å². The van der Waals surface area contributed by atoms with Crippen LogP contribution in [0.15, 0.2) is 47.5 Å². The minimum absolute atomic E-state index is 0.00420. The zero-order valence-corrected chi connectivity index (χ0v) is 17.8. The third kappa shape index (κ3) is 4.64. The molecule has 3 aromatic rings. The summed E-state index contributed by atoms with van der Waals surface area (Å²) < 4.78 is 24.9. The summed E-state index contributed by atoms with van der Waals surface area (Å²) in [6.07, 6.45) is 1.08. The number of carbonyl (C=O) groups is 1. The summed E-state index contributed by atoms with van der Waals surface area (Å²) in [5.74, 6) is 0.683. The van der Waals surface area contributed by atoms with Crippen molar-refractivity contribution < 1.29 is 18.7 Å². The lowest BCUT2D eigenvalue weighted by Crippen LogP contribution is -2.26. The maximum atomic E-state index is 14.4. The molecule has 0 spiro atoms. The van der Waals surface area contributed by atoms with Gasteiger partial charge in [0.25, 0.3) is 0 Å². The fourth-order valence-electron chi connectivity index (χ4n) is 2.95. The van der Waals surface area contributed by atoms with Crippen LogP contribution < -0.4 is 25.4 Å². The molecule has 2 aromatic carbocycles. The van der Waals surface area contributed by atoms with Gasteiger partial charge in [0.2, 0.25) is 11.9 Å². The summed E-state index contributed by atoms with van der Waals surface area (Å²) in [4.78, 5) is 21.1. The lowest BCUT2D eigenvalue weighted by atomic mass is 10.2. The first-order valence-corrected chi connectivity index (χ1v) is 10.2. The lowest BCUT2D eigenvalue weighted by Gasteiger charge is -2.22. The zero-order valence-electron chi connectivity index (χ0n) is 17.0. The van der Waals surface area contributed by atoms with Crippen molar-refractivity contribution in [3.05, 3.63) is 48.4 Å². The van der Waals surface area contributed by atoms with E-state index >= 15 is 0 Å². The van der Waals surface area contributed by atoms with Crippen LogP contribution in [0.1, 0.15) is 6.92 Å². The molecular formula is C21H20FN5O3S. The van der Waals surface area contributed by atoms with Gasteiger partial charge >= 0.3 is 0 Å². The molecule has 10 heteroatoms. The Hall–Kier alpha value is -3.53. The molecule has 0 aliphatic carbocycles. The Balaban J connectivity index is 1.57. The molecule has 0 saturated heterocycles. The van der Waals surface area contributed by atoms with Crippen molar-refractivity contribution in [3.63, 3.8) is 0 Å². The molecule has 1 aliphatic rings. The second-order valence-electron chi connectivity index (χ2n) is 6.70. The Labute approximate surface area is 182 Å². The van der Waals surface area contributed by atoms with Crippen molar-refractivity contribution in [2.45, 2.75) is 17.1 Å². The maximum Gasteiger partial charge on any atom is 0.237 e. The number of rotatable bonds is 6. The van der Waals surface area contributed by atoms with E-state index in [1.54, 1.807) is 44.6 Å². The van der Waals surface area contributed by atoms with E-state index in [1.165, 1.54) is 11.8 Å². The smallest absolute Gasteiger partial charge is 0.237 e. The lowest BCUT2D eigenvalue weighted by molar-refractivity contribution is -0.115. The van der Waals surface area contributed by atoms with Gasteiger partial charge in [-0.1, -0.05) is 0 Å². The van der Waals surface area contributed by atoms with Crippen LogP contribution in [0.3, 0.4) is 0 Å². The SMILES string of the molecule is COc1cc(Nc2ncc(F)c(Nc3ccc4c(c3)NC(=O)C(C)S4)n2)cc(OC)c1. The molecule has 1 atom stereocenters. The topological polar surface area (TPSA) is 97.4 Å². The molecule has 2 heterocycles. The molecule has 1 unspecified atom stereocenters. The maximum absolute atomic E-state index is 14.4. The molecule has 0 fully saturated rings. The van der Waals surface area contributed by atoms with Crippen molar-refractivity contribution >= 4 is 46.5 Å². The Morgan fingerprint density at radius 3 is 2.52 bits per heavy atom. The molecule has 160 valence electrons. The van der Waals surface area contributed by atoms with Crippen molar-refractivity contribution in [2.75, 3.05) is 30.2 Å². The third-order valence-electron chi connectivity index (χ3n) is 4.52. The molecule has 0 radical (unpaired) electrons. The largest absolute Gasteiger partial charge is 0.497 e. The molecule has 3 N–H and O–H groups in total. The van der Waals surface area contributed by atoms with Crippen LogP contribution in [0, 0.1) is 5.82 Å². The summed E-state index contributed by atoms with van der Waals surface area (Å²) in [5.41, 5.74) is 1.88. The van der Waals surface area contributed by atoms with E-state index < -0.39 is 5.82 Å². The fraction of sp³-hybridized carbons (Fsp3) is 0.190. The first-order valence-electron chi connectivity index (χ1n) is 9.36. The number of aromatic nitrogens is 2. The average Bonchev–Trinajstić information content (AvgIpc) is 2.76. The molecule has 0 saturated carbocycles. The van der Waals surface area contributed by atoms with Gasteiger partial charge in [-0.15, -0.1) is 11.8 Å². The second-order valence-corrected chi connectivity index (χ2v) is 8.08. The first-order chi connectivity index (χ1) is 14.9. The predicted molar refractivity (Wildman–Crippen MR) is 118 cm³/mol. The molecule has 31 heavy (non-hydrogen) atoms. The van der Waals surface area contributed by atoms with Gasteiger partial charge in [-0.2, -0.15) is 4.98 Å². The third-order valence-corrected chi connectivity index (χ3v) is 5.70. The van der Waals surface area contributed by atoms with Gasteiger partial charge in [-0.3, -0.25) is 4.79 Å². The highest BCUT2D eigenvalue weighted by molar-refractivity contribution is 8.00. The number of amides is 1. The van der Waals surface area contributed by atoms with Crippen LogP contribution in [-0.4, -0.2) is 35.3 Å². The predicted octanol–water partition coefficient (Wildman–Crippen LogP) is 4.55. The van der Waals surface area contributed by atoms with Gasteiger partial charge in [0, 0.05) is 34.5 Å². The van der Waals surface area contributed by atoms with Gasteiger partial charge in [-0.25, -0.2) is 9.37 Å². The van der Waals surface area contributed by atoms with E-state index in [0.717, 1.165) is 11.1 Å². The average molecular weight is 441 g/mol. The van der Waals surface area contributed by atoms with E-state index in [-0.39, 0.29) is 22.9 Å². The first kappa shape index (κ1) is 20.7. The summed E-state index contributed by atoms with van der Waals surface area (Å²) in [6, 6.07) is 10.6. The van der Waals surface area contributed by atoms with Crippen LogP contribution in [0.4, 0.5) is 33.2 Å². The number of benzene rings is 2. The quantitative estimate of drug-likeness (QED) is 0.513. The number of nitrogens with zero attached hydrogens (tertiary/aromatic N) is 2. The van der Waals surface area contributed by atoms with Crippen LogP contribution in [-0.2, 0) is 4.79 Å².